The fourth-order valence-electron chi connectivity index (χ4n) is 2.85. The van der Waals surface area contributed by atoms with Gasteiger partial charge in [0.1, 0.15) is 6.04 Å². The summed E-state index contributed by atoms with van der Waals surface area (Å²) in [6.07, 6.45) is 0. The first-order chi connectivity index (χ1) is 14.5. The van der Waals surface area contributed by atoms with Crippen LogP contribution >= 0.6 is 0 Å². The summed E-state index contributed by atoms with van der Waals surface area (Å²) in [5.41, 5.74) is 7.52. The van der Waals surface area contributed by atoms with Crippen LogP contribution in [0.1, 0.15) is 32.4 Å². The van der Waals surface area contributed by atoms with Gasteiger partial charge in [-0.05, 0) is 24.6 Å². The van der Waals surface area contributed by atoms with E-state index < -0.39 is 41.7 Å². The van der Waals surface area contributed by atoms with Crippen LogP contribution in [0.25, 0.3) is 0 Å². The molecule has 2 N–H and O–H groups in total. The van der Waals surface area contributed by atoms with Crippen molar-refractivity contribution in [3.05, 3.63) is 23.8 Å². The number of likely N-dealkylation sites (N-methyl/N-ethyl adjacent to an activating group) is 1. The molecule has 1 radical (unpaired) electrons. The average Bonchev–Trinajstić information content (AvgIpc) is 2.68. The monoisotopic (exact) mass is 433 g/mol. The molecule has 165 valence electrons. The van der Waals surface area contributed by atoms with Crippen LogP contribution in [0.15, 0.2) is 18.2 Å². The number of piperazine rings is 1. The maximum atomic E-state index is 12.5. The van der Waals surface area contributed by atoms with Crippen LogP contribution < -0.4 is 20.5 Å². The molecular weight excluding hydrogens is 412 g/mol. The maximum Gasteiger partial charge on any atom is 0.325 e. The third-order valence-electron chi connectivity index (χ3n) is 4.27. The number of carbonyl (C=O) groups is 6. The van der Waals surface area contributed by atoms with Gasteiger partial charge in [-0.3, -0.25) is 34.6 Å². The van der Waals surface area contributed by atoms with E-state index in [-0.39, 0.29) is 30.2 Å². The van der Waals surface area contributed by atoms with Gasteiger partial charge < -0.3 is 19.7 Å². The highest BCUT2D eigenvalue weighted by Crippen LogP contribution is 2.31. The molecule has 5 amide bonds. The van der Waals surface area contributed by atoms with Gasteiger partial charge in [-0.15, -0.1) is 0 Å². The molecular formula is C19H21N4O8. The zero-order valence-electron chi connectivity index (χ0n) is 17.1. The molecule has 1 aliphatic heterocycles. The Morgan fingerprint density at radius 3 is 2.19 bits per heavy atom. The van der Waals surface area contributed by atoms with Crippen LogP contribution in [-0.4, -0.2) is 65.1 Å². The minimum atomic E-state index is -1.54. The number of carbonyl (C=O) groups excluding carboxylic acids is 6. The van der Waals surface area contributed by atoms with Crippen molar-refractivity contribution in [1.29, 1.82) is 0 Å². The van der Waals surface area contributed by atoms with Crippen molar-refractivity contribution in [2.24, 2.45) is 0 Å². The molecule has 0 bridgehead atoms. The first-order valence-corrected chi connectivity index (χ1v) is 9.22. The second kappa shape index (κ2) is 9.69. The van der Waals surface area contributed by atoms with Crippen molar-refractivity contribution in [3.63, 3.8) is 0 Å². The summed E-state index contributed by atoms with van der Waals surface area (Å²) in [4.78, 5) is 73.1. The van der Waals surface area contributed by atoms with E-state index in [1.807, 2.05) is 0 Å². The van der Waals surface area contributed by atoms with E-state index in [0.717, 1.165) is 19.9 Å². The molecule has 0 aliphatic carbocycles. The fourth-order valence-corrected chi connectivity index (χ4v) is 2.85. The molecule has 0 spiro atoms. The summed E-state index contributed by atoms with van der Waals surface area (Å²) in [6, 6.07) is 1.09. The molecule has 31 heavy (non-hydrogen) atoms. The Labute approximate surface area is 177 Å². The number of urea groups is 1. The number of rotatable bonds is 6. The largest absolute Gasteiger partial charge is 0.423 e. The SMILES string of the molecule is CCN1CCN(C(=O)NC(C([NH])=O)c2ccc(OC(C)=O)c(OC(C)=O)c2)C(=O)C1=O. The summed E-state index contributed by atoms with van der Waals surface area (Å²) in [7, 11) is 0. The predicted octanol–water partition coefficient (Wildman–Crippen LogP) is -0.212. The number of hydrogen-bond acceptors (Lipinski definition) is 8. The minimum Gasteiger partial charge on any atom is -0.423 e. The van der Waals surface area contributed by atoms with E-state index in [2.05, 4.69) is 5.32 Å². The smallest absolute Gasteiger partial charge is 0.325 e. The van der Waals surface area contributed by atoms with Gasteiger partial charge in [0.05, 0.1) is 0 Å². The second-order valence-corrected chi connectivity index (χ2v) is 6.48. The number of nitrogens with one attached hydrogen (secondary N) is 2. The molecule has 1 aliphatic rings. The van der Waals surface area contributed by atoms with Crippen LogP contribution in [0.3, 0.4) is 0 Å². The Morgan fingerprint density at radius 1 is 1.03 bits per heavy atom. The predicted molar refractivity (Wildman–Crippen MR) is 102 cm³/mol. The molecule has 1 atom stereocenters. The number of benzene rings is 1. The van der Waals surface area contributed by atoms with E-state index in [1.54, 1.807) is 6.92 Å². The van der Waals surface area contributed by atoms with Crippen LogP contribution in [0.2, 0.25) is 0 Å². The molecule has 2 rings (SSSR count). The van der Waals surface area contributed by atoms with E-state index in [9.17, 15) is 28.8 Å². The summed E-state index contributed by atoms with van der Waals surface area (Å²) in [5, 5.41) is 2.24. The highest BCUT2D eigenvalue weighted by atomic mass is 16.6. The van der Waals surface area contributed by atoms with Crippen molar-refractivity contribution in [1.82, 2.24) is 20.9 Å². The van der Waals surface area contributed by atoms with Crippen molar-refractivity contribution in [3.8, 4) is 11.5 Å². The molecule has 12 heteroatoms. The Bertz CT molecular complexity index is 945. The van der Waals surface area contributed by atoms with Crippen molar-refractivity contribution in [2.75, 3.05) is 19.6 Å². The number of ether oxygens (including phenoxy) is 2. The fraction of sp³-hybridized carbons (Fsp3) is 0.368. The zero-order valence-corrected chi connectivity index (χ0v) is 17.1. The lowest BCUT2D eigenvalue weighted by molar-refractivity contribution is -0.153. The topological polar surface area (TPSA) is 163 Å². The molecule has 1 heterocycles. The number of imide groups is 1. The lowest BCUT2D eigenvalue weighted by atomic mass is 10.1. The first kappa shape index (κ1) is 23.3. The van der Waals surface area contributed by atoms with Gasteiger partial charge in [0, 0.05) is 33.5 Å². The molecule has 0 saturated carbocycles. The van der Waals surface area contributed by atoms with Crippen molar-refractivity contribution < 1.29 is 38.2 Å². The Hall–Kier alpha value is -3.96. The van der Waals surface area contributed by atoms with Crippen molar-refractivity contribution >= 4 is 35.7 Å². The molecule has 1 fully saturated rings. The summed E-state index contributed by atoms with van der Waals surface area (Å²) >= 11 is 0. The third kappa shape index (κ3) is 5.56. The number of esters is 2. The lowest BCUT2D eigenvalue weighted by Crippen LogP contribution is -2.58. The summed E-state index contributed by atoms with van der Waals surface area (Å²) in [5.74, 6) is -4.85. The highest BCUT2D eigenvalue weighted by Gasteiger charge is 2.37. The molecule has 1 aromatic rings. The number of amides is 5. The van der Waals surface area contributed by atoms with E-state index >= 15 is 0 Å². The first-order valence-electron chi connectivity index (χ1n) is 9.22. The Morgan fingerprint density at radius 2 is 1.65 bits per heavy atom. The van der Waals surface area contributed by atoms with Crippen LogP contribution in [0.4, 0.5) is 4.79 Å². The summed E-state index contributed by atoms with van der Waals surface area (Å²) < 4.78 is 9.91. The van der Waals surface area contributed by atoms with Gasteiger partial charge in [-0.2, -0.15) is 0 Å². The molecule has 1 aromatic carbocycles. The van der Waals surface area contributed by atoms with Crippen LogP contribution in [0, 0.1) is 0 Å². The van der Waals surface area contributed by atoms with Gasteiger partial charge >= 0.3 is 29.8 Å². The third-order valence-corrected chi connectivity index (χ3v) is 4.27. The number of hydrogen-bond donors (Lipinski definition) is 1. The summed E-state index contributed by atoms with van der Waals surface area (Å²) in [6.45, 7) is 4.31. The average molecular weight is 433 g/mol. The van der Waals surface area contributed by atoms with Gasteiger partial charge in [0.15, 0.2) is 11.5 Å². The van der Waals surface area contributed by atoms with E-state index in [4.69, 9.17) is 15.2 Å². The van der Waals surface area contributed by atoms with Crippen molar-refractivity contribution in [2.45, 2.75) is 26.8 Å². The Balaban J connectivity index is 2.29. The minimum absolute atomic E-state index is 0.0338. The standard InChI is InChI=1S/C19H21N4O8/c1-4-22-7-8-23(18(28)17(22)27)19(29)21-15(16(20)26)12-5-6-13(30-10(2)24)14(9-12)31-11(3)25/h5-6,9,15,20H,4,7-8H2,1-3H3,(H,21,29). The second-order valence-electron chi connectivity index (χ2n) is 6.48. The quantitative estimate of drug-likeness (QED) is 0.366. The lowest BCUT2D eigenvalue weighted by Gasteiger charge is -2.32. The highest BCUT2D eigenvalue weighted by molar-refractivity contribution is 6.38. The normalized spacial score (nSPS) is 14.7. The van der Waals surface area contributed by atoms with Crippen LogP contribution in [0.5, 0.6) is 11.5 Å². The molecule has 0 aromatic heterocycles. The molecule has 1 saturated heterocycles. The van der Waals surface area contributed by atoms with E-state index in [0.29, 0.717) is 11.4 Å². The number of nitrogens with zero attached hydrogens (tertiary/aromatic N) is 2. The van der Waals surface area contributed by atoms with Gasteiger partial charge in [0.25, 0.3) is 5.91 Å². The van der Waals surface area contributed by atoms with Gasteiger partial charge in [0.2, 0.25) is 0 Å². The van der Waals surface area contributed by atoms with Gasteiger partial charge in [-0.1, -0.05) is 6.07 Å². The van der Waals surface area contributed by atoms with E-state index in [1.165, 1.54) is 17.0 Å². The van der Waals surface area contributed by atoms with Gasteiger partial charge in [-0.25, -0.2) is 4.79 Å². The Kier molecular flexibility index (Phi) is 7.29. The zero-order chi connectivity index (χ0) is 23.3. The van der Waals surface area contributed by atoms with Crippen LogP contribution in [-0.2, 0) is 24.0 Å². The molecule has 1 unspecified atom stereocenters. The molecule has 12 nitrogen and oxygen atoms in total. The maximum absolute atomic E-state index is 12.5.